The van der Waals surface area contributed by atoms with Gasteiger partial charge in [-0.25, -0.2) is 0 Å². The van der Waals surface area contributed by atoms with Crippen LogP contribution in [0.3, 0.4) is 0 Å². The topological polar surface area (TPSA) is 53.5 Å². The van der Waals surface area contributed by atoms with Crippen molar-refractivity contribution in [3.8, 4) is 17.2 Å². The fourth-order valence-electron chi connectivity index (χ4n) is 3.42. The molecule has 0 amide bonds. The summed E-state index contributed by atoms with van der Waals surface area (Å²) in [7, 11) is 3.17. The van der Waals surface area contributed by atoms with Crippen LogP contribution < -0.4 is 19.9 Å². The summed E-state index contributed by atoms with van der Waals surface area (Å²) >= 11 is 0. The van der Waals surface area contributed by atoms with Crippen LogP contribution in [0.5, 0.6) is 17.2 Å². The number of hydrogen-bond donors (Lipinski definition) is 1. The zero-order valence-corrected chi connectivity index (χ0v) is 12.5. The van der Waals surface area contributed by atoms with Crippen LogP contribution in [0.1, 0.15) is 5.56 Å². The zero-order chi connectivity index (χ0) is 15.3. The Bertz CT molecular complexity index is 902. The van der Waals surface area contributed by atoms with E-state index in [-0.39, 0.29) is 5.75 Å². The number of nitrogens with one attached hydrogen (secondary N) is 1. The summed E-state index contributed by atoms with van der Waals surface area (Å²) in [5.74, 6) is 1.13. The lowest BCUT2D eigenvalue weighted by atomic mass is 9.91. The van der Waals surface area contributed by atoms with Crippen molar-refractivity contribution in [2.24, 2.45) is 0 Å². The van der Waals surface area contributed by atoms with Gasteiger partial charge in [0.1, 0.15) is 0 Å². The van der Waals surface area contributed by atoms with Crippen molar-refractivity contribution < 1.29 is 14.6 Å². The molecule has 3 aromatic rings. The molecule has 0 aromatic heterocycles. The molecule has 1 aliphatic heterocycles. The molecule has 0 fully saturated rings. The van der Waals surface area contributed by atoms with E-state index in [0.717, 1.165) is 35.0 Å². The maximum atomic E-state index is 13.0. The van der Waals surface area contributed by atoms with Crippen LogP contribution in [0, 0.1) is 0 Å². The van der Waals surface area contributed by atoms with Gasteiger partial charge in [0.2, 0.25) is 0 Å². The summed E-state index contributed by atoms with van der Waals surface area (Å²) in [4.78, 5) is 0. The molecule has 112 valence electrons. The van der Waals surface area contributed by atoms with E-state index < -0.39 is 0 Å². The van der Waals surface area contributed by atoms with Crippen molar-refractivity contribution in [2.45, 2.75) is 6.42 Å². The summed E-state index contributed by atoms with van der Waals surface area (Å²) < 4.78 is 10.9. The minimum absolute atomic E-state index is 0.00458. The quantitative estimate of drug-likeness (QED) is 0.738. The van der Waals surface area contributed by atoms with E-state index in [1.165, 1.54) is 0 Å². The maximum Gasteiger partial charge on any atom is 0.168 e. The molecule has 1 N–H and O–H groups in total. The third kappa shape index (κ3) is 1.58. The summed E-state index contributed by atoms with van der Waals surface area (Å²) in [6, 6.07) is 9.69. The highest BCUT2D eigenvalue weighted by atomic mass is 16.5. The molecule has 4 rings (SSSR count). The number of methoxy groups -OCH3 is 2. The minimum Gasteiger partial charge on any atom is -0.872 e. The van der Waals surface area contributed by atoms with Crippen molar-refractivity contribution in [1.29, 1.82) is 0 Å². The Labute approximate surface area is 128 Å². The number of hydrogen-bond acceptors (Lipinski definition) is 4. The van der Waals surface area contributed by atoms with E-state index in [0.29, 0.717) is 22.3 Å². The van der Waals surface area contributed by atoms with E-state index >= 15 is 0 Å². The van der Waals surface area contributed by atoms with Crippen LogP contribution in [-0.4, -0.2) is 20.8 Å². The van der Waals surface area contributed by atoms with Gasteiger partial charge >= 0.3 is 0 Å². The number of anilines is 1. The number of fused-ring (bicyclic) bond motifs is 2. The first-order valence-corrected chi connectivity index (χ1v) is 7.29. The van der Waals surface area contributed by atoms with Crippen LogP contribution in [-0.2, 0) is 6.42 Å². The second-order valence-electron chi connectivity index (χ2n) is 5.45. The molecule has 4 nitrogen and oxygen atoms in total. The molecule has 1 aliphatic rings. The minimum atomic E-state index is -0.00458. The normalized spacial score (nSPS) is 13.2. The van der Waals surface area contributed by atoms with Crippen LogP contribution >= 0.6 is 0 Å². The van der Waals surface area contributed by atoms with E-state index in [2.05, 4.69) is 5.32 Å². The lowest BCUT2D eigenvalue weighted by Crippen LogP contribution is -2.13. The standard InChI is InChI=1S/C18H17NO3/c1-21-13-9-10-7-8-19-16-11-5-3-4-6-12(11)17(20)15(14(10)16)18(13)22-2/h3-6,9,19-20H,7-8H2,1-2H3/p-1. The van der Waals surface area contributed by atoms with Gasteiger partial charge in [0.25, 0.3) is 0 Å². The molecule has 0 atom stereocenters. The molecular weight excluding hydrogens is 278 g/mol. The van der Waals surface area contributed by atoms with Crippen LogP contribution in [0.15, 0.2) is 30.3 Å². The Balaban J connectivity index is 2.31. The SMILES string of the molecule is COc1cc2c3c(c4ccccc4c([O-])c3c1OC)NCC2. The first-order chi connectivity index (χ1) is 10.8. The summed E-state index contributed by atoms with van der Waals surface area (Å²) in [5, 5.41) is 19.7. The average Bonchev–Trinajstić information content (AvgIpc) is 2.58. The van der Waals surface area contributed by atoms with Crippen LogP contribution in [0.25, 0.3) is 21.5 Å². The first kappa shape index (κ1) is 13.1. The van der Waals surface area contributed by atoms with Crippen LogP contribution in [0.2, 0.25) is 0 Å². The Hall–Kier alpha value is -2.62. The molecule has 3 aromatic carbocycles. The smallest absolute Gasteiger partial charge is 0.168 e. The van der Waals surface area contributed by atoms with Gasteiger partial charge in [-0.1, -0.05) is 30.0 Å². The number of ether oxygens (including phenoxy) is 2. The predicted molar refractivity (Wildman–Crippen MR) is 86.2 cm³/mol. The molecule has 0 saturated heterocycles. The molecule has 0 spiro atoms. The molecule has 22 heavy (non-hydrogen) atoms. The fraction of sp³-hybridized carbons (Fsp3) is 0.222. The number of benzene rings is 3. The lowest BCUT2D eigenvalue weighted by molar-refractivity contribution is -0.263. The Morgan fingerprint density at radius 1 is 1.05 bits per heavy atom. The highest BCUT2D eigenvalue weighted by Crippen LogP contribution is 2.49. The van der Waals surface area contributed by atoms with Gasteiger partial charge in [-0.05, 0) is 23.4 Å². The van der Waals surface area contributed by atoms with E-state index in [4.69, 9.17) is 9.47 Å². The van der Waals surface area contributed by atoms with E-state index in [1.54, 1.807) is 14.2 Å². The third-order valence-electron chi connectivity index (χ3n) is 4.37. The van der Waals surface area contributed by atoms with E-state index in [9.17, 15) is 5.11 Å². The highest BCUT2D eigenvalue weighted by molar-refractivity contribution is 6.19. The maximum absolute atomic E-state index is 13.0. The summed E-state index contributed by atoms with van der Waals surface area (Å²) in [5.41, 5.74) is 2.15. The Morgan fingerprint density at radius 2 is 1.82 bits per heavy atom. The average molecular weight is 294 g/mol. The predicted octanol–water partition coefficient (Wildman–Crippen LogP) is 3.05. The van der Waals surface area contributed by atoms with Gasteiger partial charge in [-0.2, -0.15) is 0 Å². The lowest BCUT2D eigenvalue weighted by Gasteiger charge is -2.27. The third-order valence-corrected chi connectivity index (χ3v) is 4.37. The summed E-state index contributed by atoms with van der Waals surface area (Å²) in [6.45, 7) is 0.847. The van der Waals surface area contributed by atoms with Gasteiger partial charge in [0.05, 0.1) is 19.9 Å². The molecule has 0 radical (unpaired) electrons. The molecule has 0 saturated carbocycles. The highest BCUT2D eigenvalue weighted by Gasteiger charge is 2.22. The Morgan fingerprint density at radius 3 is 2.55 bits per heavy atom. The van der Waals surface area contributed by atoms with Crippen molar-refractivity contribution >= 4 is 27.2 Å². The van der Waals surface area contributed by atoms with Crippen molar-refractivity contribution in [2.75, 3.05) is 26.1 Å². The van der Waals surface area contributed by atoms with Gasteiger partial charge in [-0.3, -0.25) is 0 Å². The van der Waals surface area contributed by atoms with Crippen molar-refractivity contribution in [3.63, 3.8) is 0 Å². The van der Waals surface area contributed by atoms with Gasteiger partial charge in [0, 0.05) is 22.7 Å². The Kier molecular flexibility index (Phi) is 2.79. The van der Waals surface area contributed by atoms with Gasteiger partial charge < -0.3 is 19.9 Å². The molecule has 0 aliphatic carbocycles. The second kappa shape index (κ2) is 4.70. The second-order valence-corrected chi connectivity index (χ2v) is 5.45. The first-order valence-electron chi connectivity index (χ1n) is 7.29. The van der Waals surface area contributed by atoms with Gasteiger partial charge in [0.15, 0.2) is 11.5 Å². The molecule has 4 heteroatoms. The molecule has 1 heterocycles. The van der Waals surface area contributed by atoms with Gasteiger partial charge in [-0.15, -0.1) is 0 Å². The van der Waals surface area contributed by atoms with E-state index in [1.807, 2.05) is 30.3 Å². The van der Waals surface area contributed by atoms with Crippen molar-refractivity contribution in [1.82, 2.24) is 0 Å². The molecule has 0 unspecified atom stereocenters. The van der Waals surface area contributed by atoms with Crippen molar-refractivity contribution in [3.05, 3.63) is 35.9 Å². The summed E-state index contributed by atoms with van der Waals surface area (Å²) in [6.07, 6.45) is 0.863. The largest absolute Gasteiger partial charge is 0.872 e. The zero-order valence-electron chi connectivity index (χ0n) is 12.5. The number of rotatable bonds is 2. The molecular formula is C18H16NO3-. The fourth-order valence-corrected chi connectivity index (χ4v) is 3.42. The monoisotopic (exact) mass is 294 g/mol. The van der Waals surface area contributed by atoms with Crippen LogP contribution in [0.4, 0.5) is 5.69 Å². The molecule has 0 bridgehead atoms.